The number of fused-ring (bicyclic) bond motifs is 2. The Bertz CT molecular complexity index is 1200. The molecule has 28 heavy (non-hydrogen) atoms. The van der Waals surface area contributed by atoms with Crippen LogP contribution in [0.2, 0.25) is 0 Å². The number of aryl methyl sites for hydroxylation is 3. The topological polar surface area (TPSA) is 88.0 Å². The van der Waals surface area contributed by atoms with Crippen molar-refractivity contribution in [1.29, 1.82) is 0 Å². The molecule has 3 heterocycles. The van der Waals surface area contributed by atoms with Gasteiger partial charge in [0, 0.05) is 23.1 Å². The fourth-order valence-electron chi connectivity index (χ4n) is 3.25. The third-order valence-electron chi connectivity index (χ3n) is 4.93. The number of furan rings is 1. The first kappa shape index (κ1) is 18.4. The van der Waals surface area contributed by atoms with Crippen molar-refractivity contribution in [3.63, 3.8) is 0 Å². The Morgan fingerprint density at radius 1 is 1.32 bits per heavy atom. The van der Waals surface area contributed by atoms with Gasteiger partial charge in [-0.15, -0.1) is 11.3 Å². The number of thiophene rings is 1. The van der Waals surface area contributed by atoms with Gasteiger partial charge in [-0.2, -0.15) is 0 Å². The van der Waals surface area contributed by atoms with E-state index in [1.54, 1.807) is 0 Å². The minimum absolute atomic E-state index is 0.116. The summed E-state index contributed by atoms with van der Waals surface area (Å²) < 4.78 is 5.80. The Labute approximate surface area is 165 Å². The molecule has 2 N–H and O–H groups in total. The van der Waals surface area contributed by atoms with Gasteiger partial charge in [-0.3, -0.25) is 9.59 Å². The predicted molar refractivity (Wildman–Crippen MR) is 111 cm³/mol. The van der Waals surface area contributed by atoms with E-state index in [4.69, 9.17) is 4.42 Å². The van der Waals surface area contributed by atoms with Gasteiger partial charge in [-0.1, -0.05) is 18.2 Å². The Kier molecular flexibility index (Phi) is 4.77. The summed E-state index contributed by atoms with van der Waals surface area (Å²) in [6.45, 7) is 5.80. The molecule has 1 aromatic carbocycles. The lowest BCUT2D eigenvalue weighted by Crippen LogP contribution is -2.27. The van der Waals surface area contributed by atoms with E-state index >= 15 is 0 Å². The van der Waals surface area contributed by atoms with Gasteiger partial charge >= 0.3 is 0 Å². The summed E-state index contributed by atoms with van der Waals surface area (Å²) in [5.41, 5.74) is 1.63. The molecule has 0 saturated heterocycles. The van der Waals surface area contributed by atoms with Crippen LogP contribution in [-0.4, -0.2) is 15.9 Å². The van der Waals surface area contributed by atoms with Crippen LogP contribution in [0.3, 0.4) is 0 Å². The fourth-order valence-corrected chi connectivity index (χ4v) is 4.30. The van der Waals surface area contributed by atoms with Gasteiger partial charge in [0.15, 0.2) is 0 Å². The van der Waals surface area contributed by atoms with E-state index in [9.17, 15) is 9.59 Å². The molecular formula is C21H21N3O3S. The van der Waals surface area contributed by atoms with Crippen LogP contribution in [0.5, 0.6) is 0 Å². The summed E-state index contributed by atoms with van der Waals surface area (Å²) in [6, 6.07) is 9.45. The number of carbonyl (C=O) groups excluding carboxylic acids is 1. The van der Waals surface area contributed by atoms with Crippen LogP contribution in [0.15, 0.2) is 39.5 Å². The molecule has 0 spiro atoms. The zero-order valence-corrected chi connectivity index (χ0v) is 16.8. The number of aromatic amines is 1. The Hall–Kier alpha value is -2.93. The molecule has 144 valence electrons. The Balaban J connectivity index is 1.42. The number of H-pyrrole nitrogens is 1. The lowest BCUT2D eigenvalue weighted by molar-refractivity contribution is -0.121. The first-order valence-corrected chi connectivity index (χ1v) is 10.0. The zero-order chi connectivity index (χ0) is 19.8. The number of para-hydroxylation sites is 1. The summed E-state index contributed by atoms with van der Waals surface area (Å²) in [5.74, 6) is 1.13. The lowest BCUT2D eigenvalue weighted by atomic mass is 10.2. The van der Waals surface area contributed by atoms with E-state index < -0.39 is 0 Å². The largest absolute Gasteiger partial charge is 0.459 e. The molecule has 1 atom stereocenters. The Morgan fingerprint density at radius 3 is 2.89 bits per heavy atom. The van der Waals surface area contributed by atoms with E-state index in [1.807, 2.05) is 51.1 Å². The molecular weight excluding hydrogens is 374 g/mol. The molecule has 0 fully saturated rings. The predicted octanol–water partition coefficient (Wildman–Crippen LogP) is 4.16. The molecule has 0 bridgehead atoms. The quantitative estimate of drug-likeness (QED) is 0.531. The first-order valence-electron chi connectivity index (χ1n) is 9.19. The van der Waals surface area contributed by atoms with Crippen molar-refractivity contribution >= 4 is 38.4 Å². The highest BCUT2D eigenvalue weighted by molar-refractivity contribution is 7.18. The van der Waals surface area contributed by atoms with E-state index in [-0.39, 0.29) is 23.9 Å². The maximum Gasteiger partial charge on any atom is 0.259 e. The van der Waals surface area contributed by atoms with Gasteiger partial charge in [0.05, 0.1) is 11.4 Å². The number of nitrogens with zero attached hydrogens (tertiary/aromatic N) is 1. The highest BCUT2D eigenvalue weighted by atomic mass is 32.1. The number of benzene rings is 1. The van der Waals surface area contributed by atoms with Gasteiger partial charge in [0.2, 0.25) is 5.91 Å². The van der Waals surface area contributed by atoms with Crippen molar-refractivity contribution in [3.05, 3.63) is 62.7 Å². The van der Waals surface area contributed by atoms with Crippen LogP contribution < -0.4 is 10.9 Å². The van der Waals surface area contributed by atoms with Crippen molar-refractivity contribution < 1.29 is 9.21 Å². The van der Waals surface area contributed by atoms with Crippen LogP contribution >= 0.6 is 11.3 Å². The third-order valence-corrected chi connectivity index (χ3v) is 6.03. The number of rotatable bonds is 5. The number of hydrogen-bond donors (Lipinski definition) is 2. The van der Waals surface area contributed by atoms with Crippen molar-refractivity contribution in [2.45, 2.75) is 39.7 Å². The maximum absolute atomic E-state index is 12.4. The fraction of sp³-hybridized carbons (Fsp3) is 0.286. The summed E-state index contributed by atoms with van der Waals surface area (Å²) >= 11 is 1.51. The number of amides is 1. The van der Waals surface area contributed by atoms with Crippen LogP contribution in [0.25, 0.3) is 21.2 Å². The standard InChI is InChI=1S/C21H21N3O3S/c1-11-13(3)28-21-19(11)20(26)23-17(24-21)8-9-18(25)22-12(2)16-10-14-6-4-5-7-15(14)27-16/h4-7,10,12H,8-9H2,1-3H3,(H,22,25)(H,23,24,26). The second-order valence-electron chi connectivity index (χ2n) is 6.95. The molecule has 1 amide bonds. The van der Waals surface area contributed by atoms with Crippen LogP contribution in [0, 0.1) is 13.8 Å². The maximum atomic E-state index is 12.4. The highest BCUT2D eigenvalue weighted by Crippen LogP contribution is 2.26. The van der Waals surface area contributed by atoms with Gasteiger partial charge in [-0.05, 0) is 38.5 Å². The summed E-state index contributed by atoms with van der Waals surface area (Å²) in [4.78, 5) is 33.8. The van der Waals surface area contributed by atoms with Gasteiger partial charge < -0.3 is 14.7 Å². The van der Waals surface area contributed by atoms with E-state index in [1.165, 1.54) is 11.3 Å². The number of aromatic nitrogens is 2. The second kappa shape index (κ2) is 7.24. The zero-order valence-electron chi connectivity index (χ0n) is 16.0. The molecule has 0 aliphatic carbocycles. The molecule has 0 radical (unpaired) electrons. The molecule has 3 aromatic heterocycles. The monoisotopic (exact) mass is 395 g/mol. The highest BCUT2D eigenvalue weighted by Gasteiger charge is 2.16. The number of hydrogen-bond acceptors (Lipinski definition) is 5. The van der Waals surface area contributed by atoms with Gasteiger partial charge in [0.1, 0.15) is 22.0 Å². The van der Waals surface area contributed by atoms with Crippen LogP contribution in [0.4, 0.5) is 0 Å². The molecule has 0 saturated carbocycles. The average molecular weight is 395 g/mol. The van der Waals surface area contributed by atoms with Gasteiger partial charge in [-0.25, -0.2) is 4.98 Å². The first-order chi connectivity index (χ1) is 13.4. The molecule has 6 nitrogen and oxygen atoms in total. The lowest BCUT2D eigenvalue weighted by Gasteiger charge is -2.11. The smallest absolute Gasteiger partial charge is 0.259 e. The normalized spacial score (nSPS) is 12.5. The van der Waals surface area contributed by atoms with E-state index in [0.717, 1.165) is 26.2 Å². The van der Waals surface area contributed by atoms with Crippen LogP contribution in [0.1, 0.15) is 41.4 Å². The van der Waals surface area contributed by atoms with E-state index in [2.05, 4.69) is 15.3 Å². The molecule has 7 heteroatoms. The molecule has 4 rings (SSSR count). The molecule has 4 aromatic rings. The van der Waals surface area contributed by atoms with Crippen molar-refractivity contribution in [3.8, 4) is 0 Å². The van der Waals surface area contributed by atoms with Crippen molar-refractivity contribution in [2.75, 3.05) is 0 Å². The number of carbonyl (C=O) groups is 1. The van der Waals surface area contributed by atoms with Crippen molar-refractivity contribution in [2.24, 2.45) is 0 Å². The number of nitrogens with one attached hydrogen (secondary N) is 2. The molecule has 0 aliphatic rings. The van der Waals surface area contributed by atoms with Gasteiger partial charge in [0.25, 0.3) is 5.56 Å². The van der Waals surface area contributed by atoms with E-state index in [0.29, 0.717) is 23.4 Å². The van der Waals surface area contributed by atoms with Crippen LogP contribution in [-0.2, 0) is 11.2 Å². The van der Waals surface area contributed by atoms with Crippen molar-refractivity contribution in [1.82, 2.24) is 15.3 Å². The SMILES string of the molecule is Cc1sc2nc(CCC(=O)NC(C)c3cc4ccccc4o3)[nH]c(=O)c2c1C. The molecule has 0 aliphatic heterocycles. The Morgan fingerprint density at radius 2 is 2.11 bits per heavy atom. The third kappa shape index (κ3) is 3.45. The minimum Gasteiger partial charge on any atom is -0.459 e. The summed E-state index contributed by atoms with van der Waals surface area (Å²) in [5, 5.41) is 4.60. The minimum atomic E-state index is -0.239. The average Bonchev–Trinajstić information content (AvgIpc) is 3.21. The summed E-state index contributed by atoms with van der Waals surface area (Å²) in [7, 11) is 0. The second-order valence-corrected chi connectivity index (χ2v) is 8.16. The molecule has 1 unspecified atom stereocenters. The summed E-state index contributed by atoms with van der Waals surface area (Å²) in [6.07, 6.45) is 0.613.